The van der Waals surface area contributed by atoms with Gasteiger partial charge in [0.05, 0.1) is 25.6 Å². The van der Waals surface area contributed by atoms with Crippen molar-refractivity contribution in [2.24, 2.45) is 0 Å². The lowest BCUT2D eigenvalue weighted by Crippen LogP contribution is -2.81. The van der Waals surface area contributed by atoms with Crippen LogP contribution in [0.1, 0.15) is 36.0 Å². The van der Waals surface area contributed by atoms with E-state index < -0.39 is 17.1 Å². The zero-order valence-electron chi connectivity index (χ0n) is 18.3. The predicted octanol–water partition coefficient (Wildman–Crippen LogP) is 3.16. The van der Waals surface area contributed by atoms with Crippen LogP contribution in [0, 0.1) is 0 Å². The number of Topliss-reactive ketones (excluding diaryl/α,β-unsaturated/α-hetero) is 1. The standard InChI is InChI=1S/C26H29NO4/c1-27(14-11-17-6-4-3-5-7-17)15-13-25-22-18-8-9-19(28)23(22)31-24(25)20(29)10-12-26(25,30-2)21(27)16-18/h3-9,21,24H,10-16H2,1-2H3/p+1/t21?,24?,25-,26+,27-/m0/s1. The van der Waals surface area contributed by atoms with Gasteiger partial charge < -0.3 is 19.1 Å². The van der Waals surface area contributed by atoms with Crippen molar-refractivity contribution in [2.75, 3.05) is 27.2 Å². The van der Waals surface area contributed by atoms with E-state index in [1.807, 2.05) is 13.2 Å². The Kier molecular flexibility index (Phi) is 3.95. The summed E-state index contributed by atoms with van der Waals surface area (Å²) in [4.78, 5) is 13.1. The summed E-state index contributed by atoms with van der Waals surface area (Å²) < 4.78 is 13.7. The van der Waals surface area contributed by atoms with E-state index >= 15 is 0 Å². The summed E-state index contributed by atoms with van der Waals surface area (Å²) in [7, 11) is 4.19. The molecule has 1 saturated carbocycles. The first kappa shape index (κ1) is 19.3. The summed E-state index contributed by atoms with van der Waals surface area (Å²) in [6.07, 6.45) is 3.39. The maximum Gasteiger partial charge on any atom is 0.174 e. The number of nitrogens with zero attached hydrogens (tertiary/aromatic N) is 1. The third-order valence-corrected chi connectivity index (χ3v) is 8.98. The monoisotopic (exact) mass is 420 g/mol. The van der Waals surface area contributed by atoms with Crippen molar-refractivity contribution in [2.45, 2.75) is 55.3 Å². The van der Waals surface area contributed by atoms with Crippen LogP contribution >= 0.6 is 0 Å². The summed E-state index contributed by atoms with van der Waals surface area (Å²) in [5.74, 6) is 0.818. The number of piperidine rings is 1. The number of ether oxygens (including phenoxy) is 2. The lowest BCUT2D eigenvalue weighted by atomic mass is 9.48. The van der Waals surface area contributed by atoms with Gasteiger partial charge in [-0.1, -0.05) is 36.4 Å². The smallest absolute Gasteiger partial charge is 0.174 e. The highest BCUT2D eigenvalue weighted by Gasteiger charge is 2.77. The van der Waals surface area contributed by atoms with Gasteiger partial charge in [0.1, 0.15) is 11.6 Å². The molecular weight excluding hydrogens is 390 g/mol. The largest absolute Gasteiger partial charge is 0.504 e. The average Bonchev–Trinajstić information content (AvgIpc) is 3.16. The van der Waals surface area contributed by atoms with Gasteiger partial charge in [0.15, 0.2) is 23.4 Å². The number of phenolic OH excluding ortho intramolecular Hbond substituents is 1. The van der Waals surface area contributed by atoms with Crippen LogP contribution in [-0.2, 0) is 27.8 Å². The summed E-state index contributed by atoms with van der Waals surface area (Å²) >= 11 is 0. The van der Waals surface area contributed by atoms with Gasteiger partial charge in [0.2, 0.25) is 0 Å². The van der Waals surface area contributed by atoms with Crippen molar-refractivity contribution in [3.8, 4) is 11.5 Å². The summed E-state index contributed by atoms with van der Waals surface area (Å²) in [5.41, 5.74) is 2.68. The van der Waals surface area contributed by atoms with Gasteiger partial charge >= 0.3 is 0 Å². The molecule has 4 aliphatic rings. The van der Waals surface area contributed by atoms with Gasteiger partial charge in [0, 0.05) is 38.4 Å². The van der Waals surface area contributed by atoms with Crippen LogP contribution in [0.2, 0.25) is 0 Å². The molecule has 2 aliphatic carbocycles. The van der Waals surface area contributed by atoms with Crippen molar-refractivity contribution in [3.05, 3.63) is 59.2 Å². The van der Waals surface area contributed by atoms with E-state index in [9.17, 15) is 9.90 Å². The Labute approximate surface area is 183 Å². The van der Waals surface area contributed by atoms with Gasteiger partial charge in [-0.2, -0.15) is 0 Å². The van der Waals surface area contributed by atoms with Crippen molar-refractivity contribution in [1.29, 1.82) is 0 Å². The third kappa shape index (κ3) is 2.26. The fourth-order valence-electron chi connectivity index (χ4n) is 7.51. The van der Waals surface area contributed by atoms with E-state index in [1.54, 1.807) is 6.07 Å². The molecule has 0 amide bonds. The van der Waals surface area contributed by atoms with Crippen molar-refractivity contribution in [1.82, 2.24) is 0 Å². The number of hydrogen-bond acceptors (Lipinski definition) is 4. The Morgan fingerprint density at radius 1 is 1.19 bits per heavy atom. The van der Waals surface area contributed by atoms with Crippen molar-refractivity contribution < 1.29 is 23.9 Å². The topological polar surface area (TPSA) is 55.8 Å². The Hall–Kier alpha value is -2.37. The first-order chi connectivity index (χ1) is 15.0. The zero-order chi connectivity index (χ0) is 21.4. The highest BCUT2D eigenvalue weighted by atomic mass is 16.5. The van der Waals surface area contributed by atoms with Crippen LogP contribution in [0.25, 0.3) is 0 Å². The molecule has 2 heterocycles. The van der Waals surface area contributed by atoms with Gasteiger partial charge in [-0.15, -0.1) is 0 Å². The van der Waals surface area contributed by atoms with E-state index in [0.29, 0.717) is 12.2 Å². The van der Waals surface area contributed by atoms with Gasteiger partial charge in [-0.25, -0.2) is 0 Å². The number of carbonyl (C=O) groups excluding carboxylic acids is 1. The third-order valence-electron chi connectivity index (χ3n) is 8.98. The number of quaternary nitrogens is 1. The number of hydrogen-bond donors (Lipinski definition) is 1. The molecule has 2 fully saturated rings. The maximum absolute atomic E-state index is 13.1. The Balaban J connectivity index is 1.49. The number of carbonyl (C=O) groups is 1. The minimum Gasteiger partial charge on any atom is -0.504 e. The Morgan fingerprint density at radius 3 is 2.77 bits per heavy atom. The molecule has 5 heteroatoms. The van der Waals surface area contributed by atoms with Crippen molar-refractivity contribution in [3.63, 3.8) is 0 Å². The Morgan fingerprint density at radius 2 is 2.00 bits per heavy atom. The SMILES string of the molecule is CO[C@@]12CCC(=O)C3Oc4c(O)ccc5c4[C@@]31CC[N@+](C)(CCc1ccccc1)C2C5. The van der Waals surface area contributed by atoms with E-state index in [2.05, 4.69) is 37.4 Å². The second kappa shape index (κ2) is 6.33. The zero-order valence-corrected chi connectivity index (χ0v) is 18.3. The van der Waals surface area contributed by atoms with Crippen LogP contribution in [0.4, 0.5) is 0 Å². The van der Waals surface area contributed by atoms with E-state index in [0.717, 1.165) is 48.8 Å². The number of likely N-dealkylation sites (N-methyl/N-ethyl adjacent to an activating group) is 1. The molecule has 0 aromatic heterocycles. The summed E-state index contributed by atoms with van der Waals surface area (Å²) in [6, 6.07) is 14.7. The van der Waals surface area contributed by atoms with Crippen LogP contribution in [0.3, 0.4) is 0 Å². The fraction of sp³-hybridized carbons (Fsp3) is 0.500. The number of methoxy groups -OCH3 is 1. The maximum atomic E-state index is 13.1. The molecule has 2 aromatic rings. The highest BCUT2D eigenvalue weighted by Crippen LogP contribution is 2.66. The predicted molar refractivity (Wildman–Crippen MR) is 116 cm³/mol. The number of phenols is 1. The van der Waals surface area contributed by atoms with Gasteiger partial charge in [-0.3, -0.25) is 4.79 Å². The van der Waals surface area contributed by atoms with Crippen LogP contribution in [0.15, 0.2) is 42.5 Å². The molecule has 5 atom stereocenters. The molecule has 2 aromatic carbocycles. The van der Waals surface area contributed by atoms with Crippen LogP contribution in [0.5, 0.6) is 11.5 Å². The number of ketones is 1. The summed E-state index contributed by atoms with van der Waals surface area (Å²) in [5, 5.41) is 10.6. The van der Waals surface area contributed by atoms with Gasteiger partial charge in [-0.05, 0) is 23.6 Å². The van der Waals surface area contributed by atoms with Crippen LogP contribution < -0.4 is 4.74 Å². The molecule has 162 valence electrons. The molecule has 31 heavy (non-hydrogen) atoms. The molecule has 0 radical (unpaired) electrons. The highest BCUT2D eigenvalue weighted by molar-refractivity contribution is 5.90. The molecule has 2 unspecified atom stereocenters. The molecule has 6 rings (SSSR count). The molecule has 2 bridgehead atoms. The quantitative estimate of drug-likeness (QED) is 0.772. The second-order valence-corrected chi connectivity index (χ2v) is 10.1. The van der Waals surface area contributed by atoms with Gasteiger partial charge in [0.25, 0.3) is 0 Å². The number of benzene rings is 2. The van der Waals surface area contributed by atoms with E-state index in [4.69, 9.17) is 9.47 Å². The van der Waals surface area contributed by atoms with Crippen molar-refractivity contribution >= 4 is 5.78 Å². The molecular formula is C26H30NO4+. The van der Waals surface area contributed by atoms with E-state index in [-0.39, 0.29) is 17.6 Å². The first-order valence-corrected chi connectivity index (χ1v) is 11.4. The fourth-order valence-corrected chi connectivity index (χ4v) is 7.51. The minimum atomic E-state index is -0.547. The number of rotatable bonds is 4. The second-order valence-electron chi connectivity index (χ2n) is 10.1. The lowest BCUT2D eigenvalue weighted by Gasteiger charge is -2.65. The molecule has 1 saturated heterocycles. The normalized spacial score (nSPS) is 37.3. The molecule has 5 nitrogen and oxygen atoms in total. The van der Waals surface area contributed by atoms with Crippen LogP contribution in [-0.4, -0.2) is 60.4 Å². The summed E-state index contributed by atoms with van der Waals surface area (Å²) in [6.45, 7) is 2.01. The first-order valence-electron chi connectivity index (χ1n) is 11.4. The molecule has 2 aliphatic heterocycles. The lowest BCUT2D eigenvalue weighted by molar-refractivity contribution is -0.949. The average molecular weight is 421 g/mol. The molecule has 1 spiro atoms. The van der Waals surface area contributed by atoms with E-state index in [1.165, 1.54) is 11.1 Å². The number of likely N-dealkylation sites (tertiary alicyclic amines) is 1. The number of aromatic hydroxyl groups is 1. The minimum absolute atomic E-state index is 0.144. The molecule has 1 N–H and O–H groups in total. The Bertz CT molecular complexity index is 1070.